The van der Waals surface area contributed by atoms with Crippen LogP contribution in [0.25, 0.3) is 11.3 Å². The number of nitrogens with zero attached hydrogens (tertiary/aromatic N) is 1. The number of nitrogens with two attached hydrogens (primary N) is 1. The molecular weight excluding hydrogens is 430 g/mol. The first kappa shape index (κ1) is 21.6. The summed E-state index contributed by atoms with van der Waals surface area (Å²) in [7, 11) is 0.492. The molecule has 0 unspecified atom stereocenters. The highest BCUT2D eigenvalue weighted by Gasteiger charge is 2.19. The Balaban J connectivity index is 1.87. The molecule has 0 bridgehead atoms. The van der Waals surface area contributed by atoms with E-state index in [9.17, 15) is 13.2 Å². The zero-order valence-electron chi connectivity index (χ0n) is 16.3. The van der Waals surface area contributed by atoms with Gasteiger partial charge in [0.15, 0.2) is 16.6 Å². The number of carbonyl (C=O) groups is 1. The van der Waals surface area contributed by atoms with Gasteiger partial charge in [-0.1, -0.05) is 0 Å². The molecule has 0 aliphatic rings. The number of rotatable bonds is 7. The lowest BCUT2D eigenvalue weighted by atomic mass is 10.1. The van der Waals surface area contributed by atoms with Crippen molar-refractivity contribution in [2.45, 2.75) is 4.90 Å². The standard InChI is InChI=1S/C19H19N3O6S2/c1-26-15-7-5-12(30(20,24)25)9-13(15)18(23)22-19-21-14(10-29-19)11-4-6-16(27-2)17(8-11)28-3/h4-10H,1-3H3,(H2,20,24,25)(H,21,22,23). The molecule has 3 N–H and O–H groups in total. The maximum absolute atomic E-state index is 12.7. The van der Waals surface area contributed by atoms with E-state index in [4.69, 9.17) is 19.3 Å². The highest BCUT2D eigenvalue weighted by atomic mass is 32.2. The van der Waals surface area contributed by atoms with E-state index in [-0.39, 0.29) is 16.2 Å². The topological polar surface area (TPSA) is 130 Å². The van der Waals surface area contributed by atoms with Crippen LogP contribution < -0.4 is 24.7 Å². The average molecular weight is 450 g/mol. The fourth-order valence-corrected chi connectivity index (χ4v) is 3.92. The molecule has 11 heteroatoms. The Morgan fingerprint density at radius 3 is 2.30 bits per heavy atom. The summed E-state index contributed by atoms with van der Waals surface area (Å²) in [6.45, 7) is 0. The summed E-state index contributed by atoms with van der Waals surface area (Å²) in [4.78, 5) is 16.9. The van der Waals surface area contributed by atoms with E-state index in [1.54, 1.807) is 24.6 Å². The molecule has 0 aliphatic carbocycles. The Labute approximate surface area is 177 Å². The maximum atomic E-state index is 12.7. The molecule has 0 spiro atoms. The largest absolute Gasteiger partial charge is 0.496 e. The Morgan fingerprint density at radius 2 is 1.67 bits per heavy atom. The normalized spacial score (nSPS) is 11.1. The minimum Gasteiger partial charge on any atom is -0.496 e. The van der Waals surface area contributed by atoms with Crippen LogP contribution in [0, 0.1) is 0 Å². The average Bonchev–Trinajstić information content (AvgIpc) is 3.20. The van der Waals surface area contributed by atoms with E-state index < -0.39 is 15.9 Å². The van der Waals surface area contributed by atoms with Crippen LogP contribution in [-0.4, -0.2) is 40.6 Å². The Morgan fingerprint density at radius 1 is 1.00 bits per heavy atom. The number of aromatic nitrogens is 1. The quantitative estimate of drug-likeness (QED) is 0.567. The molecule has 3 aromatic rings. The monoisotopic (exact) mass is 449 g/mol. The second-order valence-corrected chi connectivity index (χ2v) is 8.39. The number of anilines is 1. The van der Waals surface area contributed by atoms with Gasteiger partial charge in [0.05, 0.1) is 37.5 Å². The third-order valence-electron chi connectivity index (χ3n) is 4.15. The van der Waals surface area contributed by atoms with E-state index in [0.29, 0.717) is 22.3 Å². The maximum Gasteiger partial charge on any atom is 0.261 e. The molecule has 0 fully saturated rings. The molecule has 0 saturated heterocycles. The smallest absolute Gasteiger partial charge is 0.261 e. The third-order valence-corrected chi connectivity index (χ3v) is 5.82. The second kappa shape index (κ2) is 8.69. The fraction of sp³-hybridized carbons (Fsp3) is 0.158. The predicted molar refractivity (Wildman–Crippen MR) is 113 cm³/mol. The van der Waals surface area contributed by atoms with Crippen LogP contribution in [0.5, 0.6) is 17.2 Å². The van der Waals surface area contributed by atoms with Crippen molar-refractivity contribution < 1.29 is 27.4 Å². The van der Waals surface area contributed by atoms with Gasteiger partial charge in [-0.2, -0.15) is 0 Å². The molecule has 0 saturated carbocycles. The summed E-state index contributed by atoms with van der Waals surface area (Å²) >= 11 is 1.22. The highest BCUT2D eigenvalue weighted by Crippen LogP contribution is 2.33. The number of hydrogen-bond donors (Lipinski definition) is 2. The van der Waals surface area contributed by atoms with Gasteiger partial charge in [0.1, 0.15) is 5.75 Å². The van der Waals surface area contributed by atoms with Crippen LogP contribution in [0.1, 0.15) is 10.4 Å². The predicted octanol–water partition coefficient (Wildman–Crippen LogP) is 2.74. The minimum absolute atomic E-state index is 0.0203. The molecule has 9 nitrogen and oxygen atoms in total. The summed E-state index contributed by atoms with van der Waals surface area (Å²) in [6.07, 6.45) is 0. The Bertz CT molecular complexity index is 1190. The van der Waals surface area contributed by atoms with Crippen LogP contribution in [0.15, 0.2) is 46.7 Å². The molecular formula is C19H19N3O6S2. The van der Waals surface area contributed by atoms with Crippen LogP contribution in [0.4, 0.5) is 5.13 Å². The van der Waals surface area contributed by atoms with E-state index >= 15 is 0 Å². The number of amides is 1. The van der Waals surface area contributed by atoms with Crippen molar-refractivity contribution in [1.82, 2.24) is 4.98 Å². The molecule has 0 aliphatic heterocycles. The van der Waals surface area contributed by atoms with Crippen LogP contribution in [0.3, 0.4) is 0 Å². The lowest BCUT2D eigenvalue weighted by Gasteiger charge is -2.09. The number of thiazole rings is 1. The van der Waals surface area contributed by atoms with Gasteiger partial charge in [0.2, 0.25) is 10.0 Å². The number of hydrogen-bond acceptors (Lipinski definition) is 8. The van der Waals surface area contributed by atoms with Crippen LogP contribution in [0.2, 0.25) is 0 Å². The Hall–Kier alpha value is -3.15. The molecule has 3 rings (SSSR count). The van der Waals surface area contributed by atoms with Gasteiger partial charge in [-0.3, -0.25) is 10.1 Å². The van der Waals surface area contributed by atoms with Gasteiger partial charge in [-0.05, 0) is 36.4 Å². The van der Waals surface area contributed by atoms with E-state index in [2.05, 4.69) is 10.3 Å². The number of nitrogens with one attached hydrogen (secondary N) is 1. The molecule has 30 heavy (non-hydrogen) atoms. The first-order valence-corrected chi connectivity index (χ1v) is 10.9. The van der Waals surface area contributed by atoms with Gasteiger partial charge in [0.25, 0.3) is 5.91 Å². The van der Waals surface area contributed by atoms with Gasteiger partial charge in [-0.25, -0.2) is 18.5 Å². The molecule has 1 aromatic heterocycles. The summed E-state index contributed by atoms with van der Waals surface area (Å²) in [5, 5.41) is 9.90. The van der Waals surface area contributed by atoms with Crippen molar-refractivity contribution in [3.63, 3.8) is 0 Å². The molecule has 158 valence electrons. The molecule has 1 amide bonds. The van der Waals surface area contributed by atoms with Crippen molar-refractivity contribution in [3.8, 4) is 28.5 Å². The molecule has 2 aromatic carbocycles. The first-order chi connectivity index (χ1) is 14.3. The minimum atomic E-state index is -3.97. The van der Waals surface area contributed by atoms with Gasteiger partial charge in [0, 0.05) is 10.9 Å². The van der Waals surface area contributed by atoms with Crippen molar-refractivity contribution in [1.29, 1.82) is 0 Å². The van der Waals surface area contributed by atoms with E-state index in [0.717, 1.165) is 11.6 Å². The van der Waals surface area contributed by atoms with Crippen molar-refractivity contribution in [2.24, 2.45) is 5.14 Å². The summed E-state index contributed by atoms with van der Waals surface area (Å²) in [5.74, 6) is 0.770. The molecule has 0 atom stereocenters. The number of primary sulfonamides is 1. The Kier molecular flexibility index (Phi) is 6.25. The number of carbonyl (C=O) groups excluding carboxylic acids is 1. The van der Waals surface area contributed by atoms with Gasteiger partial charge >= 0.3 is 0 Å². The van der Waals surface area contributed by atoms with Crippen molar-refractivity contribution in [2.75, 3.05) is 26.6 Å². The zero-order valence-corrected chi connectivity index (χ0v) is 18.0. The van der Waals surface area contributed by atoms with Gasteiger partial charge < -0.3 is 14.2 Å². The first-order valence-electron chi connectivity index (χ1n) is 8.47. The van der Waals surface area contributed by atoms with Gasteiger partial charge in [-0.15, -0.1) is 11.3 Å². The lowest BCUT2D eigenvalue weighted by molar-refractivity contribution is 0.102. The molecule has 1 heterocycles. The summed E-state index contributed by atoms with van der Waals surface area (Å²) < 4.78 is 38.9. The highest BCUT2D eigenvalue weighted by molar-refractivity contribution is 7.89. The SMILES string of the molecule is COc1ccc(-c2csc(NC(=O)c3cc(S(N)(=O)=O)ccc3OC)n2)cc1OC. The number of methoxy groups -OCH3 is 3. The summed E-state index contributed by atoms with van der Waals surface area (Å²) in [6, 6.07) is 9.15. The van der Waals surface area contributed by atoms with Crippen LogP contribution >= 0.6 is 11.3 Å². The zero-order chi connectivity index (χ0) is 21.9. The van der Waals surface area contributed by atoms with E-state index in [1.165, 1.54) is 37.7 Å². The van der Waals surface area contributed by atoms with Crippen LogP contribution in [-0.2, 0) is 10.0 Å². The number of ether oxygens (including phenoxy) is 3. The fourth-order valence-electron chi connectivity index (χ4n) is 2.67. The number of benzene rings is 2. The van der Waals surface area contributed by atoms with E-state index in [1.807, 2.05) is 6.07 Å². The molecule has 0 radical (unpaired) electrons. The second-order valence-electron chi connectivity index (χ2n) is 5.97. The lowest BCUT2D eigenvalue weighted by Crippen LogP contribution is -2.16. The van der Waals surface area contributed by atoms with Crippen molar-refractivity contribution >= 4 is 32.4 Å². The summed E-state index contributed by atoms with van der Waals surface area (Å²) in [5.41, 5.74) is 1.42. The number of sulfonamides is 1. The third kappa shape index (κ3) is 4.53. The van der Waals surface area contributed by atoms with Crippen molar-refractivity contribution in [3.05, 3.63) is 47.3 Å².